The number of amides is 8. The van der Waals surface area contributed by atoms with Gasteiger partial charge in [-0.3, -0.25) is 38.4 Å². The molecule has 2 saturated heterocycles. The minimum Gasteiger partial charge on any atom is -0.472 e. The molecule has 0 bridgehead atoms. The maximum atomic E-state index is 14.8. The molecule has 2 unspecified atom stereocenters. The van der Waals surface area contributed by atoms with Crippen LogP contribution in [0.15, 0.2) is 85.2 Å². The minimum absolute atomic E-state index is 0.0201. The summed E-state index contributed by atoms with van der Waals surface area (Å²) in [5.41, 5.74) is 1.72. The van der Waals surface area contributed by atoms with Gasteiger partial charge < -0.3 is 82.0 Å². The zero-order chi connectivity index (χ0) is 78.6. The molecule has 0 radical (unpaired) electrons. The fraction of sp³-hybridized carbons (Fsp3) is 0.600. The Morgan fingerprint density at radius 1 is 0.509 bits per heavy atom. The first-order chi connectivity index (χ1) is 52.6. The number of hydrogen-bond donors (Lipinski definition) is 12. The van der Waals surface area contributed by atoms with Crippen LogP contribution in [0.3, 0.4) is 0 Å². The van der Waals surface area contributed by atoms with Gasteiger partial charge in [0.05, 0.1) is 57.3 Å². The van der Waals surface area contributed by atoms with Crippen molar-refractivity contribution in [2.45, 2.75) is 269 Å². The second-order valence-corrected chi connectivity index (χ2v) is 33.6. The molecular formula is C80H110Cl2N16O12. The molecule has 2 aliphatic heterocycles. The van der Waals surface area contributed by atoms with Gasteiger partial charge in [0.1, 0.15) is 48.5 Å². The molecule has 4 aromatic heterocycles. The highest BCUT2D eigenvalue weighted by Gasteiger charge is 2.50. The van der Waals surface area contributed by atoms with Crippen LogP contribution in [0, 0.1) is 22.7 Å². The van der Waals surface area contributed by atoms with Crippen molar-refractivity contribution in [3.63, 3.8) is 0 Å². The Bertz CT molecular complexity index is 3800. The molecule has 12 atom stereocenters. The first-order valence-electron chi connectivity index (χ1n) is 39.4. The maximum absolute atomic E-state index is 14.8. The van der Waals surface area contributed by atoms with E-state index in [-0.39, 0.29) is 73.4 Å². The maximum Gasteiger partial charge on any atom is 0.251 e. The van der Waals surface area contributed by atoms with Crippen LogP contribution in [0.5, 0.6) is 11.8 Å². The fourth-order valence-electron chi connectivity index (χ4n) is 15.3. The number of carbonyl (C=O) groups is 8. The zero-order valence-corrected chi connectivity index (χ0v) is 65.8. The normalized spacial score (nSPS) is 21.3. The van der Waals surface area contributed by atoms with E-state index in [4.69, 9.17) is 32.7 Å². The number of benzene rings is 2. The van der Waals surface area contributed by atoms with Gasteiger partial charge in [-0.15, -0.1) is 0 Å². The highest BCUT2D eigenvalue weighted by Crippen LogP contribution is 2.36. The van der Waals surface area contributed by atoms with E-state index in [1.165, 1.54) is 22.2 Å². The first kappa shape index (κ1) is 82.1. The summed E-state index contributed by atoms with van der Waals surface area (Å²) < 4.78 is 12.3. The average molecular weight is 1560 g/mol. The molecule has 4 aliphatic carbocycles. The Morgan fingerprint density at radius 2 is 0.882 bits per heavy atom. The molecule has 6 aliphatic rings. The number of anilines is 2. The molecule has 28 nitrogen and oxygen atoms in total. The lowest BCUT2D eigenvalue weighted by Crippen LogP contribution is -2.61. The number of halogens is 2. The lowest BCUT2D eigenvalue weighted by molar-refractivity contribution is -0.145. The molecular weight excluding hydrogens is 1450 g/mol. The quantitative estimate of drug-likeness (QED) is 0.0200. The number of para-hydroxylation sites is 4. The Labute approximate surface area is 652 Å². The van der Waals surface area contributed by atoms with E-state index in [1.807, 2.05) is 104 Å². The number of H-pyrrole nitrogens is 2. The highest BCUT2D eigenvalue weighted by atomic mass is 35.5. The average Bonchev–Trinajstić information content (AvgIpc) is 1.62. The van der Waals surface area contributed by atoms with Crippen LogP contribution in [0.2, 0.25) is 10.0 Å². The van der Waals surface area contributed by atoms with Crippen molar-refractivity contribution in [1.29, 1.82) is 0 Å². The number of aromatic amines is 2. The predicted molar refractivity (Wildman–Crippen MR) is 419 cm³/mol. The summed E-state index contributed by atoms with van der Waals surface area (Å²) in [7, 11) is 0. The number of likely N-dealkylation sites (tertiary alicyclic amines) is 2. The second-order valence-electron chi connectivity index (χ2n) is 32.7. The molecule has 12 N–H and O–H groups in total. The molecule has 8 amide bonds. The standard InChI is InChI=1S/2C40H55ClN8O6/c2*1-5-11-29(33(50)37(53)43-25-17-18-25)44-35(51)30-20-26(55-31-19-16-24(41)21-42-31)22-49(30)38(54)34(40(2,3)4)48-36(52)32(23-12-7-6-8-13-23)47-39-45-27-14-9-10-15-28(27)46-39/h2*9-10,14-16,19,21,23,25-26,29-30,32-34,50H,5-8,11-13,17-18,20,22H2,1-4H3,(H,43,53)(H,44,51)(H,48,52)(H2,45,46,47)/t2*26-,29+,30+,32+,33?,34-/m11/s1. The van der Waals surface area contributed by atoms with Crippen LogP contribution in [-0.2, 0) is 38.4 Å². The summed E-state index contributed by atoms with van der Waals surface area (Å²) in [5.74, 6) is -2.08. The van der Waals surface area contributed by atoms with Gasteiger partial charge in [0.25, 0.3) is 11.8 Å². The zero-order valence-electron chi connectivity index (χ0n) is 64.3. The van der Waals surface area contributed by atoms with Crippen molar-refractivity contribution in [2.24, 2.45) is 22.7 Å². The Balaban J connectivity index is 0.000000218. The summed E-state index contributed by atoms with van der Waals surface area (Å²) in [6.45, 7) is 15.1. The number of nitrogens with one attached hydrogen (secondary N) is 10. The minimum atomic E-state index is -1.46. The van der Waals surface area contributed by atoms with E-state index in [0.717, 1.165) is 112 Å². The number of nitrogens with zero attached hydrogens (tertiary/aromatic N) is 6. The SMILES string of the molecule is CCC[C@H](NC(=O)[C@@H]1C[C@@H](Oc2ccc(Cl)cn2)CN1C(=O)[C@@H](NC(=O)[C@@H](Nc1nc2ccccc2[nH]1)C1CCCCC1)C(C)(C)C)C(O)C(=O)NC1CC1.CCC[C@H](NC(=O)[C@@H]1C[C@@H](Oc2ccc(Cl)cn2)CN1C(=O)[C@@H](NC(=O)[C@@H](Nc1nc2ccccc2[nH]1)C1CCCCC1)C(C)(C)C)C(O)C(=O)NC1CC1. The van der Waals surface area contributed by atoms with E-state index < -0.39 is 119 Å². The van der Waals surface area contributed by atoms with Gasteiger partial charge in [0, 0.05) is 49.5 Å². The van der Waals surface area contributed by atoms with Crippen molar-refractivity contribution in [1.82, 2.24) is 71.6 Å². The number of imidazole rings is 2. The van der Waals surface area contributed by atoms with E-state index in [1.54, 1.807) is 24.3 Å². The second kappa shape index (κ2) is 37.0. The summed E-state index contributed by atoms with van der Waals surface area (Å²) in [6.07, 6.45) is 13.9. The summed E-state index contributed by atoms with van der Waals surface area (Å²) in [6, 6.07) is 14.7. The lowest BCUT2D eigenvalue weighted by atomic mass is 9.82. The van der Waals surface area contributed by atoms with Crippen molar-refractivity contribution in [2.75, 3.05) is 23.7 Å². The van der Waals surface area contributed by atoms with Crippen LogP contribution in [-0.4, -0.2) is 195 Å². The van der Waals surface area contributed by atoms with Gasteiger partial charge in [0.15, 0.2) is 12.2 Å². The lowest BCUT2D eigenvalue weighted by Gasteiger charge is -2.37. The number of pyridine rings is 2. The molecule has 2 aromatic carbocycles. The molecule has 30 heteroatoms. The fourth-order valence-corrected chi connectivity index (χ4v) is 15.5. The van der Waals surface area contributed by atoms with E-state index in [0.29, 0.717) is 47.6 Å². The van der Waals surface area contributed by atoms with E-state index in [9.17, 15) is 48.6 Å². The summed E-state index contributed by atoms with van der Waals surface area (Å²) in [4.78, 5) is 140. The molecule has 596 valence electrons. The van der Waals surface area contributed by atoms with Gasteiger partial charge >= 0.3 is 0 Å². The topological polar surface area (TPSA) is 381 Å². The number of ether oxygens (including phenoxy) is 2. The number of rotatable bonds is 30. The van der Waals surface area contributed by atoms with E-state index >= 15 is 0 Å². The third kappa shape index (κ3) is 21.8. The highest BCUT2D eigenvalue weighted by molar-refractivity contribution is 6.30. The van der Waals surface area contributed by atoms with Gasteiger partial charge in [-0.1, -0.05) is 154 Å². The van der Waals surface area contributed by atoms with Crippen LogP contribution in [0.25, 0.3) is 22.1 Å². The molecule has 6 heterocycles. The van der Waals surface area contributed by atoms with Crippen molar-refractivity contribution < 1.29 is 58.0 Å². The number of carbonyl (C=O) groups excluding carboxylic acids is 8. The largest absolute Gasteiger partial charge is 0.472 e. The van der Waals surface area contributed by atoms with Gasteiger partial charge in [0.2, 0.25) is 59.1 Å². The van der Waals surface area contributed by atoms with Gasteiger partial charge in [-0.25, -0.2) is 19.9 Å². The smallest absolute Gasteiger partial charge is 0.251 e. The summed E-state index contributed by atoms with van der Waals surface area (Å²) in [5, 5.41) is 47.3. The molecule has 4 saturated carbocycles. The van der Waals surface area contributed by atoms with Crippen LogP contribution in [0.1, 0.15) is 184 Å². The summed E-state index contributed by atoms with van der Waals surface area (Å²) >= 11 is 12.1. The van der Waals surface area contributed by atoms with E-state index in [2.05, 4.69) is 72.4 Å². The van der Waals surface area contributed by atoms with Crippen molar-refractivity contribution >= 4 is 104 Å². The number of aliphatic hydroxyl groups is 2. The molecule has 110 heavy (non-hydrogen) atoms. The predicted octanol–water partition coefficient (Wildman–Crippen LogP) is 8.95. The molecule has 6 fully saturated rings. The monoisotopic (exact) mass is 1560 g/mol. The van der Waals surface area contributed by atoms with Gasteiger partial charge in [-0.2, -0.15) is 0 Å². The third-order valence-electron chi connectivity index (χ3n) is 21.6. The van der Waals surface area contributed by atoms with Gasteiger partial charge in [-0.05, 0) is 123 Å². The number of hydrogen-bond acceptors (Lipinski definition) is 18. The van der Waals surface area contributed by atoms with Crippen LogP contribution in [0.4, 0.5) is 11.9 Å². The Morgan fingerprint density at radius 3 is 1.21 bits per heavy atom. The molecule has 0 spiro atoms. The van der Waals surface area contributed by atoms with Crippen molar-refractivity contribution in [3.05, 3.63) is 95.2 Å². The van der Waals surface area contributed by atoms with Crippen LogP contribution >= 0.6 is 23.2 Å². The molecule has 12 rings (SSSR count). The number of fused-ring (bicyclic) bond motifs is 2. The Hall–Kier alpha value is -8.86. The van der Waals surface area contributed by atoms with Crippen molar-refractivity contribution in [3.8, 4) is 11.8 Å². The number of aliphatic hydroxyl groups excluding tert-OH is 2. The third-order valence-corrected chi connectivity index (χ3v) is 22.1. The Kier molecular flexibility index (Phi) is 27.6. The first-order valence-corrected chi connectivity index (χ1v) is 40.1. The number of aromatic nitrogens is 6. The van der Waals surface area contributed by atoms with Crippen LogP contribution < -0.4 is 52.0 Å². The molecule has 6 aromatic rings.